The number of hydrogen-bond acceptors (Lipinski definition) is 4. The highest BCUT2D eigenvalue weighted by Crippen LogP contribution is 2.23. The molecule has 0 bridgehead atoms. The molecule has 0 N–H and O–H groups in total. The number of carbonyl (C=O) groups excluding carboxylic acids is 1. The van der Waals surface area contributed by atoms with Gasteiger partial charge in [0.2, 0.25) is 5.91 Å². The Balaban J connectivity index is 1.33. The summed E-state index contributed by atoms with van der Waals surface area (Å²) in [5.74, 6) is 1.73. The number of nitrogens with zero attached hydrogens (tertiary/aromatic N) is 5. The number of benzene rings is 1. The maximum absolute atomic E-state index is 12.9. The first kappa shape index (κ1) is 19.4. The van der Waals surface area contributed by atoms with Gasteiger partial charge in [0.1, 0.15) is 5.82 Å². The molecule has 0 saturated carbocycles. The van der Waals surface area contributed by atoms with E-state index < -0.39 is 0 Å². The smallest absolute Gasteiger partial charge is 0.225 e. The van der Waals surface area contributed by atoms with Crippen molar-refractivity contribution in [2.75, 3.05) is 45.8 Å². The molecule has 2 saturated heterocycles. The van der Waals surface area contributed by atoms with Crippen molar-refractivity contribution in [2.24, 2.45) is 5.92 Å². The second kappa shape index (κ2) is 8.62. The number of amides is 1. The average Bonchev–Trinajstić information content (AvgIpc) is 3.10. The van der Waals surface area contributed by atoms with Gasteiger partial charge < -0.3 is 14.4 Å². The van der Waals surface area contributed by atoms with E-state index in [0.29, 0.717) is 5.91 Å². The molecular formula is C22H33N5O. The Kier molecular flexibility index (Phi) is 5.97. The van der Waals surface area contributed by atoms with Crippen molar-refractivity contribution in [2.45, 2.75) is 39.8 Å². The number of aromatic nitrogens is 2. The zero-order valence-electron chi connectivity index (χ0n) is 17.3. The van der Waals surface area contributed by atoms with E-state index in [4.69, 9.17) is 4.98 Å². The van der Waals surface area contributed by atoms with Crippen LogP contribution in [0.5, 0.6) is 0 Å². The summed E-state index contributed by atoms with van der Waals surface area (Å²) < 4.78 is 2.32. The van der Waals surface area contributed by atoms with E-state index in [2.05, 4.69) is 57.4 Å². The maximum Gasteiger partial charge on any atom is 0.225 e. The van der Waals surface area contributed by atoms with Crippen LogP contribution >= 0.6 is 0 Å². The van der Waals surface area contributed by atoms with E-state index >= 15 is 0 Å². The molecule has 2 aromatic rings. The van der Waals surface area contributed by atoms with Crippen LogP contribution in [-0.4, -0.2) is 76.0 Å². The Bertz CT molecular complexity index is 800. The molecule has 1 aromatic heterocycles. The number of para-hydroxylation sites is 2. The minimum absolute atomic E-state index is 0.203. The van der Waals surface area contributed by atoms with Crippen molar-refractivity contribution in [3.05, 3.63) is 30.1 Å². The summed E-state index contributed by atoms with van der Waals surface area (Å²) in [6.07, 6.45) is 1.94. The van der Waals surface area contributed by atoms with Crippen molar-refractivity contribution in [3.8, 4) is 0 Å². The van der Waals surface area contributed by atoms with Crippen molar-refractivity contribution < 1.29 is 4.79 Å². The average molecular weight is 384 g/mol. The second-order valence-corrected chi connectivity index (χ2v) is 8.07. The molecule has 2 fully saturated rings. The van der Waals surface area contributed by atoms with E-state index in [0.717, 1.165) is 83.1 Å². The lowest BCUT2D eigenvalue weighted by atomic mass is 9.95. The van der Waals surface area contributed by atoms with Gasteiger partial charge in [0, 0.05) is 38.6 Å². The Hall–Kier alpha value is -1.92. The predicted molar refractivity (Wildman–Crippen MR) is 112 cm³/mol. The van der Waals surface area contributed by atoms with Gasteiger partial charge in [-0.25, -0.2) is 4.98 Å². The minimum Gasteiger partial charge on any atom is -0.340 e. The monoisotopic (exact) mass is 383 g/mol. The third-order valence-electron chi connectivity index (χ3n) is 6.48. The highest BCUT2D eigenvalue weighted by atomic mass is 16.2. The van der Waals surface area contributed by atoms with E-state index in [1.807, 2.05) is 0 Å². The van der Waals surface area contributed by atoms with Crippen molar-refractivity contribution in [1.82, 2.24) is 24.3 Å². The van der Waals surface area contributed by atoms with E-state index in [1.54, 1.807) is 0 Å². The SMILES string of the molecule is CCN1CCN(C(=O)C2CCN(Cc3nc4ccccc4n3CC)CC2)CC1. The number of fused-ring (bicyclic) bond motifs is 1. The number of hydrogen-bond donors (Lipinski definition) is 0. The molecule has 6 heteroatoms. The summed E-state index contributed by atoms with van der Waals surface area (Å²) in [6, 6.07) is 8.38. The zero-order chi connectivity index (χ0) is 19.5. The number of rotatable bonds is 5. The normalized spacial score (nSPS) is 20.1. The van der Waals surface area contributed by atoms with Crippen LogP contribution in [0.15, 0.2) is 24.3 Å². The first-order chi connectivity index (χ1) is 13.7. The van der Waals surface area contributed by atoms with Crippen LogP contribution in [0, 0.1) is 5.92 Å². The maximum atomic E-state index is 12.9. The van der Waals surface area contributed by atoms with Gasteiger partial charge >= 0.3 is 0 Å². The molecule has 2 aliphatic rings. The van der Waals surface area contributed by atoms with Crippen LogP contribution in [0.25, 0.3) is 11.0 Å². The number of imidazole rings is 1. The number of likely N-dealkylation sites (tertiary alicyclic amines) is 1. The van der Waals surface area contributed by atoms with Crippen molar-refractivity contribution >= 4 is 16.9 Å². The summed E-state index contributed by atoms with van der Waals surface area (Å²) >= 11 is 0. The fraction of sp³-hybridized carbons (Fsp3) is 0.636. The topological polar surface area (TPSA) is 44.6 Å². The summed E-state index contributed by atoms with van der Waals surface area (Å²) in [6.45, 7) is 13.1. The molecule has 0 unspecified atom stereocenters. The highest BCUT2D eigenvalue weighted by Gasteiger charge is 2.30. The van der Waals surface area contributed by atoms with Gasteiger partial charge in [-0.05, 0) is 51.5 Å². The fourth-order valence-corrected chi connectivity index (χ4v) is 4.68. The van der Waals surface area contributed by atoms with Gasteiger partial charge in [-0.3, -0.25) is 9.69 Å². The molecule has 28 heavy (non-hydrogen) atoms. The van der Waals surface area contributed by atoms with Crippen LogP contribution in [0.3, 0.4) is 0 Å². The highest BCUT2D eigenvalue weighted by molar-refractivity contribution is 5.79. The van der Waals surface area contributed by atoms with Gasteiger partial charge in [-0.2, -0.15) is 0 Å². The van der Waals surface area contributed by atoms with E-state index in [-0.39, 0.29) is 5.92 Å². The van der Waals surface area contributed by atoms with Crippen LogP contribution in [0.1, 0.15) is 32.5 Å². The molecule has 3 heterocycles. The molecule has 2 aliphatic heterocycles. The number of aryl methyl sites for hydroxylation is 1. The van der Waals surface area contributed by atoms with Gasteiger partial charge in [0.15, 0.2) is 0 Å². The number of carbonyl (C=O) groups is 1. The summed E-state index contributed by atoms with van der Waals surface area (Å²) in [5.41, 5.74) is 2.30. The fourth-order valence-electron chi connectivity index (χ4n) is 4.68. The molecule has 4 rings (SSSR count). The lowest BCUT2D eigenvalue weighted by Crippen LogP contribution is -2.51. The molecule has 0 spiro atoms. The van der Waals surface area contributed by atoms with Crippen molar-refractivity contribution in [1.29, 1.82) is 0 Å². The van der Waals surface area contributed by atoms with Gasteiger partial charge in [-0.15, -0.1) is 0 Å². The predicted octanol–water partition coefficient (Wildman–Crippen LogP) is 2.43. The first-order valence-electron chi connectivity index (χ1n) is 10.9. The molecule has 152 valence electrons. The van der Waals surface area contributed by atoms with Crippen molar-refractivity contribution in [3.63, 3.8) is 0 Å². The Labute approximate surface area is 168 Å². The number of piperidine rings is 1. The standard InChI is InChI=1S/C22H33N5O/c1-3-24-13-15-26(16-14-24)22(28)18-9-11-25(12-10-18)17-21-23-19-7-5-6-8-20(19)27(21)4-2/h5-8,18H,3-4,9-17H2,1-2H3. The largest absolute Gasteiger partial charge is 0.340 e. The molecule has 1 aromatic carbocycles. The lowest BCUT2D eigenvalue weighted by Gasteiger charge is -2.38. The molecule has 1 amide bonds. The second-order valence-electron chi connectivity index (χ2n) is 8.07. The molecular weight excluding hydrogens is 350 g/mol. The molecule has 0 radical (unpaired) electrons. The Morgan fingerprint density at radius 2 is 1.68 bits per heavy atom. The summed E-state index contributed by atoms with van der Waals surface area (Å²) in [5, 5.41) is 0. The van der Waals surface area contributed by atoms with Crippen LogP contribution in [-0.2, 0) is 17.9 Å². The Morgan fingerprint density at radius 3 is 2.36 bits per heavy atom. The minimum atomic E-state index is 0.203. The molecule has 6 nitrogen and oxygen atoms in total. The number of piperazine rings is 1. The molecule has 0 atom stereocenters. The quantitative estimate of drug-likeness (QED) is 0.796. The van der Waals surface area contributed by atoms with E-state index in [1.165, 1.54) is 5.52 Å². The Morgan fingerprint density at radius 1 is 0.964 bits per heavy atom. The summed E-state index contributed by atoms with van der Waals surface area (Å²) in [7, 11) is 0. The molecule has 0 aliphatic carbocycles. The number of likely N-dealkylation sites (N-methyl/N-ethyl adjacent to an activating group) is 1. The van der Waals surface area contributed by atoms with Crippen LogP contribution in [0.2, 0.25) is 0 Å². The van der Waals surface area contributed by atoms with Gasteiger partial charge in [-0.1, -0.05) is 19.1 Å². The van der Waals surface area contributed by atoms with Crippen LogP contribution in [0.4, 0.5) is 0 Å². The van der Waals surface area contributed by atoms with E-state index in [9.17, 15) is 4.79 Å². The lowest BCUT2D eigenvalue weighted by molar-refractivity contribution is -0.138. The first-order valence-corrected chi connectivity index (χ1v) is 10.9. The van der Waals surface area contributed by atoms with Gasteiger partial charge in [0.25, 0.3) is 0 Å². The third kappa shape index (κ3) is 3.94. The van der Waals surface area contributed by atoms with Crippen LogP contribution < -0.4 is 0 Å². The summed E-state index contributed by atoms with van der Waals surface area (Å²) in [4.78, 5) is 24.8. The zero-order valence-corrected chi connectivity index (χ0v) is 17.3. The van der Waals surface area contributed by atoms with Gasteiger partial charge in [0.05, 0.1) is 17.6 Å². The third-order valence-corrected chi connectivity index (χ3v) is 6.48.